The van der Waals surface area contributed by atoms with E-state index in [0.717, 1.165) is 88.5 Å². The Balaban J connectivity index is 0.942. The van der Waals surface area contributed by atoms with Crippen molar-refractivity contribution in [2.45, 2.75) is 26.2 Å². The van der Waals surface area contributed by atoms with E-state index in [-0.39, 0.29) is 12.1 Å². The van der Waals surface area contributed by atoms with Gasteiger partial charge < -0.3 is 23.7 Å². The Morgan fingerprint density at radius 1 is 0.479 bits per heavy atom. The molecule has 0 bridgehead atoms. The first kappa shape index (κ1) is 36.8. The van der Waals surface area contributed by atoms with Crippen molar-refractivity contribution < 1.29 is 13.0 Å². The van der Waals surface area contributed by atoms with Gasteiger partial charge in [0.15, 0.2) is 0 Å². The molecule has 352 valence electrons. The minimum absolute atomic E-state index is 0.0932. The zero-order chi connectivity index (χ0) is 54.1. The van der Waals surface area contributed by atoms with Gasteiger partial charge in [0.1, 0.15) is 24.0 Å². The van der Waals surface area contributed by atoms with Crippen LogP contribution in [0.15, 0.2) is 212 Å². The summed E-state index contributed by atoms with van der Waals surface area (Å²) in [7, 11) is 0. The number of anilines is 4. The highest BCUT2D eigenvalue weighted by Crippen LogP contribution is 2.54. The smallest absolute Gasteiger partial charge is 0.137 e. The number of benzene rings is 9. The zero-order valence-corrected chi connectivity index (χ0v) is 40.5. The molecule has 0 atom stereocenters. The molecule has 0 N–H and O–H groups in total. The Labute approximate surface area is 432 Å². The largest absolute Gasteiger partial charge is 0.457 e. The Bertz CT molecular complexity index is 4480. The molecular weight excluding hydrogens is 893 g/mol. The molecule has 1 aliphatic heterocycles. The number of hydrogen-bond acceptors (Lipinski definition) is 4. The van der Waals surface area contributed by atoms with Crippen molar-refractivity contribution in [2.75, 3.05) is 16.5 Å². The summed E-state index contributed by atoms with van der Waals surface area (Å²) < 4.78 is 67.5. The SMILES string of the molecule is [2H]C([2H])([2H])n1c2ccccc2c2c(-c3ccccc3)c3c4ccccc4n(C([2H])([2H])[2H])c3c(N3CN(c4cccc(Oc5ccc6c7cc(-c8ccccc8)ccc7n(-c7cc(C(C)(C)C)ccn7)c6c5)c4)c4ccccc43)c21. The number of nitrogens with zero attached hydrogens (tertiary/aromatic N) is 6. The summed E-state index contributed by atoms with van der Waals surface area (Å²) in [5.41, 5.74) is 11.8. The maximum atomic E-state index is 9.25. The first-order chi connectivity index (χ1) is 38.1. The highest BCUT2D eigenvalue weighted by Gasteiger charge is 2.35. The number of ether oxygens (including phenoxy) is 1. The van der Waals surface area contributed by atoms with E-state index in [4.69, 9.17) is 9.72 Å². The molecule has 4 aromatic heterocycles. The van der Waals surface area contributed by atoms with Crippen LogP contribution in [0.1, 0.15) is 34.6 Å². The van der Waals surface area contributed by atoms with Gasteiger partial charge >= 0.3 is 0 Å². The van der Waals surface area contributed by atoms with Crippen molar-refractivity contribution in [1.29, 1.82) is 0 Å². The third-order valence-electron chi connectivity index (χ3n) is 14.8. The standard InChI is InChI=1S/C66H52N6O/c1-66(2,3)45-35-36-67-59(38-45)72-55-34-31-44(42-19-8-6-9-20-42)37-52(55)49-33-32-48(40-58(49)72)73-47-24-18-23-46(39-47)70-41-71(57-30-17-16-29-56(57)70)65-63-61(50-25-12-14-27-53(50)68(63)4)60(43-21-10-7-11-22-43)62-51-26-13-15-28-54(51)69(5)64(62)65/h6-40H,41H2,1-5H3/i4D3,5D3. The predicted molar refractivity (Wildman–Crippen MR) is 305 cm³/mol. The van der Waals surface area contributed by atoms with Gasteiger partial charge in [0.05, 0.1) is 39.1 Å². The Morgan fingerprint density at radius 2 is 1.11 bits per heavy atom. The van der Waals surface area contributed by atoms with Gasteiger partial charge in [0.25, 0.3) is 0 Å². The Morgan fingerprint density at radius 3 is 1.79 bits per heavy atom. The van der Waals surface area contributed by atoms with Crippen LogP contribution in [0.25, 0.3) is 93.5 Å². The van der Waals surface area contributed by atoms with Crippen LogP contribution in [0.3, 0.4) is 0 Å². The predicted octanol–water partition coefficient (Wildman–Crippen LogP) is 17.1. The average Bonchev–Trinajstić information content (AvgIpc) is 2.55. The number of hydrogen-bond donors (Lipinski definition) is 0. The molecule has 0 aliphatic carbocycles. The summed E-state index contributed by atoms with van der Waals surface area (Å²) in [6.45, 7) is 1.50. The minimum atomic E-state index is -2.67. The van der Waals surface area contributed by atoms with Crippen LogP contribution in [0, 0.1) is 0 Å². The van der Waals surface area contributed by atoms with Crippen molar-refractivity contribution >= 4 is 88.2 Å². The van der Waals surface area contributed by atoms with Crippen molar-refractivity contribution in [2.24, 2.45) is 14.0 Å². The lowest BCUT2D eigenvalue weighted by Gasteiger charge is -2.26. The molecule has 0 saturated heterocycles. The fourth-order valence-electron chi connectivity index (χ4n) is 11.4. The molecule has 0 unspecified atom stereocenters. The van der Waals surface area contributed by atoms with Crippen molar-refractivity contribution in [3.8, 4) is 39.6 Å². The maximum absolute atomic E-state index is 9.25. The van der Waals surface area contributed by atoms with Gasteiger partial charge in [-0.2, -0.15) is 0 Å². The third kappa shape index (κ3) is 6.61. The zero-order valence-electron chi connectivity index (χ0n) is 46.5. The summed E-state index contributed by atoms with van der Waals surface area (Å²) >= 11 is 0. The second kappa shape index (κ2) is 16.2. The van der Waals surface area contributed by atoms with E-state index in [1.165, 1.54) is 14.7 Å². The van der Waals surface area contributed by atoms with Crippen LogP contribution in [0.4, 0.5) is 22.7 Å². The van der Waals surface area contributed by atoms with E-state index in [1.54, 1.807) is 0 Å². The molecular formula is C66H52N6O. The van der Waals surface area contributed by atoms with Gasteiger partial charge in [-0.25, -0.2) is 4.98 Å². The fraction of sp³-hybridized carbons (Fsp3) is 0.106. The van der Waals surface area contributed by atoms with Crippen molar-refractivity contribution in [3.05, 3.63) is 218 Å². The van der Waals surface area contributed by atoms with Gasteiger partial charge in [-0.3, -0.25) is 4.57 Å². The van der Waals surface area contributed by atoms with Crippen LogP contribution in [0.5, 0.6) is 11.5 Å². The summed E-state index contributed by atoms with van der Waals surface area (Å²) in [6.07, 6.45) is 1.89. The summed E-state index contributed by atoms with van der Waals surface area (Å²) in [5.74, 6) is 2.07. The van der Waals surface area contributed by atoms with Crippen LogP contribution >= 0.6 is 0 Å². The van der Waals surface area contributed by atoms with Crippen LogP contribution in [-0.4, -0.2) is 25.4 Å². The van der Waals surface area contributed by atoms with Crippen LogP contribution in [0.2, 0.25) is 0 Å². The lowest BCUT2D eigenvalue weighted by molar-refractivity contribution is 0.483. The van der Waals surface area contributed by atoms with Crippen molar-refractivity contribution in [3.63, 3.8) is 0 Å². The van der Waals surface area contributed by atoms with Crippen molar-refractivity contribution in [1.82, 2.24) is 18.7 Å². The molecule has 9 aromatic carbocycles. The minimum Gasteiger partial charge on any atom is -0.457 e. The first-order valence-electron chi connectivity index (χ1n) is 27.7. The molecule has 14 rings (SSSR count). The maximum Gasteiger partial charge on any atom is 0.137 e. The normalized spacial score (nSPS) is 14.5. The van der Waals surface area contributed by atoms with E-state index >= 15 is 0 Å². The molecule has 7 nitrogen and oxygen atoms in total. The van der Waals surface area contributed by atoms with E-state index < -0.39 is 14.0 Å². The number of rotatable bonds is 7. The number of aromatic nitrogens is 4. The van der Waals surface area contributed by atoms with E-state index in [2.05, 4.69) is 102 Å². The molecule has 0 amide bonds. The molecule has 0 radical (unpaired) electrons. The van der Waals surface area contributed by atoms with Gasteiger partial charge in [-0.05, 0) is 100 Å². The molecule has 73 heavy (non-hydrogen) atoms. The number of aryl methyl sites for hydroxylation is 2. The number of fused-ring (bicyclic) bond motifs is 10. The molecule has 0 fully saturated rings. The Hall–Kier alpha value is -9.07. The van der Waals surface area contributed by atoms with E-state index in [1.807, 2.05) is 146 Å². The van der Waals surface area contributed by atoms with Crippen LogP contribution in [-0.2, 0) is 19.4 Å². The summed E-state index contributed by atoms with van der Waals surface area (Å²) in [5, 5.41) is 5.13. The topological polar surface area (TPSA) is 43.4 Å². The van der Waals surface area contributed by atoms with E-state index in [9.17, 15) is 8.22 Å². The highest BCUT2D eigenvalue weighted by molar-refractivity contribution is 6.33. The molecule has 0 saturated carbocycles. The molecule has 1 aliphatic rings. The second-order valence-electron chi connectivity index (χ2n) is 20.1. The lowest BCUT2D eigenvalue weighted by atomic mass is 9.88. The molecule has 0 spiro atoms. The lowest BCUT2D eigenvalue weighted by Crippen LogP contribution is -2.25. The summed E-state index contributed by atoms with van der Waals surface area (Å²) in [4.78, 5) is 9.23. The Kier molecular flexibility index (Phi) is 8.19. The molecule has 13 aromatic rings. The number of pyridine rings is 1. The van der Waals surface area contributed by atoms with Gasteiger partial charge in [0.2, 0.25) is 0 Å². The molecule has 7 heteroatoms. The fourth-order valence-corrected chi connectivity index (χ4v) is 11.4. The second-order valence-corrected chi connectivity index (χ2v) is 20.1. The van der Waals surface area contributed by atoms with E-state index in [0.29, 0.717) is 39.3 Å². The first-order valence-corrected chi connectivity index (χ1v) is 24.7. The van der Waals surface area contributed by atoms with Gasteiger partial charge in [0, 0.05) is 95.1 Å². The third-order valence-corrected chi connectivity index (χ3v) is 14.8. The van der Waals surface area contributed by atoms with Crippen LogP contribution < -0.4 is 14.5 Å². The highest BCUT2D eigenvalue weighted by atomic mass is 16.5. The average molecular weight is 951 g/mol. The molecule has 5 heterocycles. The van der Waals surface area contributed by atoms with Gasteiger partial charge in [-0.1, -0.05) is 142 Å². The quantitative estimate of drug-likeness (QED) is 0.160. The summed E-state index contributed by atoms with van der Waals surface area (Å²) in [6, 6.07) is 68.6. The number of para-hydroxylation sites is 4. The van der Waals surface area contributed by atoms with Gasteiger partial charge in [-0.15, -0.1) is 0 Å². The monoisotopic (exact) mass is 950 g/mol.